The second kappa shape index (κ2) is 9.99. The zero-order valence-corrected chi connectivity index (χ0v) is 16.5. The number of guanidine groups is 1. The largest absolute Gasteiger partial charge is 0.357 e. The fourth-order valence-corrected chi connectivity index (χ4v) is 3.75. The van der Waals surface area contributed by atoms with Crippen LogP contribution in [0.2, 0.25) is 0 Å². The number of rotatable bonds is 7. The Balaban J connectivity index is 1.71. The van der Waals surface area contributed by atoms with Crippen LogP contribution in [0, 0.1) is 19.8 Å². The molecule has 2 heterocycles. The maximum Gasteiger partial charge on any atom is 0.191 e. The van der Waals surface area contributed by atoms with Gasteiger partial charge in [0.25, 0.3) is 0 Å². The quantitative estimate of drug-likeness (QED) is 0.450. The number of aryl methyl sites for hydroxylation is 2. The van der Waals surface area contributed by atoms with Crippen LogP contribution in [0.4, 0.5) is 0 Å². The molecular weight excluding hydrogens is 318 g/mol. The van der Waals surface area contributed by atoms with Crippen molar-refractivity contribution in [2.24, 2.45) is 10.9 Å². The van der Waals surface area contributed by atoms with Crippen molar-refractivity contribution >= 4 is 17.3 Å². The number of nitrogens with zero attached hydrogens (tertiary/aromatic N) is 3. The smallest absolute Gasteiger partial charge is 0.191 e. The van der Waals surface area contributed by atoms with Gasteiger partial charge in [-0.2, -0.15) is 0 Å². The summed E-state index contributed by atoms with van der Waals surface area (Å²) >= 11 is 1.74. The Hall–Kier alpha value is -1.14. The monoisotopic (exact) mass is 351 g/mol. The molecule has 0 atom stereocenters. The van der Waals surface area contributed by atoms with E-state index >= 15 is 0 Å². The molecule has 5 nitrogen and oxygen atoms in total. The standard InChI is InChI=1S/C18H33N5S/c1-5-19-18(21-13-17-22-15(3)16(4)24-17)20-9-6-10-23-11-7-14(2)8-12-23/h14H,5-13H2,1-4H3,(H2,19,20,21). The lowest BCUT2D eigenvalue weighted by molar-refractivity contribution is 0.191. The third-order valence-electron chi connectivity index (χ3n) is 4.61. The van der Waals surface area contributed by atoms with E-state index in [4.69, 9.17) is 0 Å². The van der Waals surface area contributed by atoms with Crippen LogP contribution in [0.25, 0.3) is 0 Å². The fraction of sp³-hybridized carbons (Fsp3) is 0.778. The first kappa shape index (κ1) is 19.2. The summed E-state index contributed by atoms with van der Waals surface area (Å²) in [6, 6.07) is 0. The Kier molecular flexibility index (Phi) is 7.99. The first-order valence-electron chi connectivity index (χ1n) is 9.26. The van der Waals surface area contributed by atoms with Crippen LogP contribution in [0.3, 0.4) is 0 Å². The SMILES string of the molecule is CCNC(=NCc1nc(C)c(C)s1)NCCCN1CCC(C)CC1. The van der Waals surface area contributed by atoms with E-state index in [0.717, 1.165) is 42.1 Å². The predicted molar refractivity (Wildman–Crippen MR) is 104 cm³/mol. The molecule has 0 aliphatic carbocycles. The predicted octanol–water partition coefficient (Wildman–Crippen LogP) is 2.94. The van der Waals surface area contributed by atoms with Gasteiger partial charge in [-0.1, -0.05) is 6.92 Å². The molecular formula is C18H33N5S. The van der Waals surface area contributed by atoms with Gasteiger partial charge in [-0.3, -0.25) is 0 Å². The average molecular weight is 352 g/mol. The molecule has 1 aromatic heterocycles. The number of hydrogen-bond acceptors (Lipinski definition) is 4. The molecule has 1 fully saturated rings. The summed E-state index contributed by atoms with van der Waals surface area (Å²) in [6.07, 6.45) is 3.86. The molecule has 1 aromatic rings. The lowest BCUT2D eigenvalue weighted by Crippen LogP contribution is -2.39. The minimum Gasteiger partial charge on any atom is -0.357 e. The molecule has 0 aromatic carbocycles. The Morgan fingerprint density at radius 3 is 2.67 bits per heavy atom. The highest BCUT2D eigenvalue weighted by molar-refractivity contribution is 7.11. The van der Waals surface area contributed by atoms with E-state index in [1.165, 1.54) is 37.4 Å². The molecule has 24 heavy (non-hydrogen) atoms. The van der Waals surface area contributed by atoms with Gasteiger partial charge in [0.2, 0.25) is 0 Å². The Morgan fingerprint density at radius 1 is 1.29 bits per heavy atom. The third kappa shape index (κ3) is 6.40. The second-order valence-electron chi connectivity index (χ2n) is 6.75. The molecule has 1 aliphatic rings. The Labute approximate surface area is 151 Å². The molecule has 6 heteroatoms. The first-order valence-corrected chi connectivity index (χ1v) is 10.1. The summed E-state index contributed by atoms with van der Waals surface area (Å²) in [5, 5.41) is 7.86. The molecule has 136 valence electrons. The maximum absolute atomic E-state index is 4.66. The molecule has 0 bridgehead atoms. The van der Waals surface area contributed by atoms with Gasteiger partial charge in [0.15, 0.2) is 5.96 Å². The lowest BCUT2D eigenvalue weighted by atomic mass is 9.99. The molecule has 0 amide bonds. The van der Waals surface area contributed by atoms with Crippen molar-refractivity contribution in [2.45, 2.75) is 53.5 Å². The van der Waals surface area contributed by atoms with Crippen LogP contribution >= 0.6 is 11.3 Å². The van der Waals surface area contributed by atoms with E-state index < -0.39 is 0 Å². The normalized spacial score (nSPS) is 17.2. The zero-order valence-electron chi connectivity index (χ0n) is 15.7. The number of hydrogen-bond donors (Lipinski definition) is 2. The van der Waals surface area contributed by atoms with E-state index in [1.54, 1.807) is 11.3 Å². The topological polar surface area (TPSA) is 52.6 Å². The molecule has 2 rings (SSSR count). The van der Waals surface area contributed by atoms with Crippen LogP contribution < -0.4 is 10.6 Å². The minimum absolute atomic E-state index is 0.651. The number of thiazole rings is 1. The van der Waals surface area contributed by atoms with E-state index in [9.17, 15) is 0 Å². The van der Waals surface area contributed by atoms with Gasteiger partial charge in [0, 0.05) is 18.0 Å². The van der Waals surface area contributed by atoms with E-state index in [-0.39, 0.29) is 0 Å². The summed E-state index contributed by atoms with van der Waals surface area (Å²) in [4.78, 5) is 13.1. The van der Waals surface area contributed by atoms with Crippen LogP contribution in [-0.2, 0) is 6.54 Å². The van der Waals surface area contributed by atoms with Crippen LogP contribution in [-0.4, -0.2) is 48.6 Å². The molecule has 2 N–H and O–H groups in total. The first-order chi connectivity index (χ1) is 11.6. The van der Waals surface area contributed by atoms with Gasteiger partial charge in [-0.05, 0) is 65.6 Å². The number of aromatic nitrogens is 1. The maximum atomic E-state index is 4.66. The van der Waals surface area contributed by atoms with Gasteiger partial charge in [0.1, 0.15) is 5.01 Å². The number of likely N-dealkylation sites (tertiary alicyclic amines) is 1. The molecule has 0 radical (unpaired) electrons. The van der Waals surface area contributed by atoms with Crippen molar-refractivity contribution in [3.8, 4) is 0 Å². The zero-order chi connectivity index (χ0) is 17.4. The van der Waals surface area contributed by atoms with Crippen LogP contribution in [0.15, 0.2) is 4.99 Å². The van der Waals surface area contributed by atoms with Crippen molar-refractivity contribution < 1.29 is 0 Å². The molecule has 1 aliphatic heterocycles. The van der Waals surface area contributed by atoms with Gasteiger partial charge < -0.3 is 15.5 Å². The van der Waals surface area contributed by atoms with E-state index in [1.807, 2.05) is 0 Å². The summed E-state index contributed by atoms with van der Waals surface area (Å²) in [5.74, 6) is 1.81. The van der Waals surface area contributed by atoms with Crippen molar-refractivity contribution in [3.05, 3.63) is 15.6 Å². The second-order valence-corrected chi connectivity index (χ2v) is 8.04. The van der Waals surface area contributed by atoms with Gasteiger partial charge in [-0.15, -0.1) is 11.3 Å². The highest BCUT2D eigenvalue weighted by atomic mass is 32.1. The highest BCUT2D eigenvalue weighted by Gasteiger charge is 2.14. The highest BCUT2D eigenvalue weighted by Crippen LogP contribution is 2.17. The Bertz CT molecular complexity index is 498. The molecule has 0 saturated carbocycles. The Morgan fingerprint density at radius 2 is 2.04 bits per heavy atom. The number of nitrogens with one attached hydrogen (secondary N) is 2. The summed E-state index contributed by atoms with van der Waals surface area (Å²) in [5.41, 5.74) is 1.12. The van der Waals surface area contributed by atoms with E-state index in [2.05, 4.69) is 53.2 Å². The number of piperidine rings is 1. The van der Waals surface area contributed by atoms with Crippen LogP contribution in [0.1, 0.15) is 48.7 Å². The van der Waals surface area contributed by atoms with E-state index in [0.29, 0.717) is 6.54 Å². The summed E-state index contributed by atoms with van der Waals surface area (Å²) in [6.45, 7) is 14.8. The number of aliphatic imine (C=N–C) groups is 1. The summed E-state index contributed by atoms with van der Waals surface area (Å²) in [7, 11) is 0. The van der Waals surface area contributed by atoms with Crippen molar-refractivity contribution in [2.75, 3.05) is 32.7 Å². The minimum atomic E-state index is 0.651. The lowest BCUT2D eigenvalue weighted by Gasteiger charge is -2.30. The van der Waals surface area contributed by atoms with Gasteiger partial charge >= 0.3 is 0 Å². The fourth-order valence-electron chi connectivity index (χ4n) is 2.89. The van der Waals surface area contributed by atoms with Gasteiger partial charge in [0.05, 0.1) is 12.2 Å². The molecule has 0 unspecified atom stereocenters. The molecule has 1 saturated heterocycles. The average Bonchev–Trinajstić information content (AvgIpc) is 2.89. The van der Waals surface area contributed by atoms with Crippen molar-refractivity contribution in [3.63, 3.8) is 0 Å². The van der Waals surface area contributed by atoms with Crippen molar-refractivity contribution in [1.82, 2.24) is 20.5 Å². The van der Waals surface area contributed by atoms with Gasteiger partial charge in [-0.25, -0.2) is 9.98 Å². The molecule has 0 spiro atoms. The third-order valence-corrected chi connectivity index (χ3v) is 5.67. The summed E-state index contributed by atoms with van der Waals surface area (Å²) < 4.78 is 0. The van der Waals surface area contributed by atoms with Crippen molar-refractivity contribution in [1.29, 1.82) is 0 Å². The van der Waals surface area contributed by atoms with Crippen LogP contribution in [0.5, 0.6) is 0 Å².